The highest BCUT2D eigenvalue weighted by atomic mass is 16.2. The molecule has 1 aliphatic heterocycles. The van der Waals surface area contributed by atoms with E-state index in [1.165, 1.54) is 0 Å². The zero-order valence-corrected chi connectivity index (χ0v) is 10.9. The number of nitrogens with two attached hydrogens (primary N) is 1. The lowest BCUT2D eigenvalue weighted by atomic mass is 9.91. The first-order valence-corrected chi connectivity index (χ1v) is 6.66. The first kappa shape index (κ1) is 13.5. The third kappa shape index (κ3) is 3.21. The molecule has 0 bridgehead atoms. The summed E-state index contributed by atoms with van der Waals surface area (Å²) in [5.41, 5.74) is 6.02. The Morgan fingerprint density at radius 3 is 2.44 bits per heavy atom. The Kier molecular flexibility index (Phi) is 5.26. The normalized spacial score (nSPS) is 26.2. The molecule has 1 saturated heterocycles. The molecule has 3 heteroatoms. The maximum Gasteiger partial charge on any atom is 0.225 e. The summed E-state index contributed by atoms with van der Waals surface area (Å²) in [5, 5.41) is 0. The SMILES string of the molecule is CCC1CC(N)CN(C(=O)C(CC)CC)C1. The number of likely N-dealkylation sites (tertiary alicyclic amines) is 1. The minimum absolute atomic E-state index is 0.178. The number of hydrogen-bond donors (Lipinski definition) is 1. The highest BCUT2D eigenvalue weighted by molar-refractivity contribution is 5.78. The van der Waals surface area contributed by atoms with Gasteiger partial charge in [-0.2, -0.15) is 0 Å². The molecule has 94 valence electrons. The molecule has 0 spiro atoms. The zero-order chi connectivity index (χ0) is 12.1. The van der Waals surface area contributed by atoms with Crippen LogP contribution in [0.15, 0.2) is 0 Å². The van der Waals surface area contributed by atoms with Crippen LogP contribution in [0, 0.1) is 11.8 Å². The van der Waals surface area contributed by atoms with Crippen molar-refractivity contribution in [2.24, 2.45) is 17.6 Å². The second kappa shape index (κ2) is 6.24. The van der Waals surface area contributed by atoms with Crippen molar-refractivity contribution in [2.75, 3.05) is 13.1 Å². The maximum atomic E-state index is 12.2. The molecular formula is C13H26N2O. The van der Waals surface area contributed by atoms with Crippen LogP contribution >= 0.6 is 0 Å². The predicted molar refractivity (Wildman–Crippen MR) is 67.0 cm³/mol. The van der Waals surface area contributed by atoms with Crippen LogP contribution in [0.2, 0.25) is 0 Å². The Hall–Kier alpha value is -0.570. The van der Waals surface area contributed by atoms with Gasteiger partial charge in [0.25, 0.3) is 0 Å². The summed E-state index contributed by atoms with van der Waals surface area (Å²) in [7, 11) is 0. The summed E-state index contributed by atoms with van der Waals surface area (Å²) in [4.78, 5) is 14.2. The fourth-order valence-corrected chi connectivity index (χ4v) is 2.62. The third-order valence-electron chi connectivity index (χ3n) is 3.79. The molecular weight excluding hydrogens is 200 g/mol. The molecule has 2 atom stereocenters. The highest BCUT2D eigenvalue weighted by Gasteiger charge is 2.29. The lowest BCUT2D eigenvalue weighted by Gasteiger charge is -2.37. The molecule has 0 aromatic heterocycles. The topological polar surface area (TPSA) is 46.3 Å². The second-order valence-corrected chi connectivity index (χ2v) is 5.03. The van der Waals surface area contributed by atoms with Gasteiger partial charge in [-0.1, -0.05) is 27.2 Å². The standard InChI is InChI=1S/C13H26N2O/c1-4-10-7-12(14)9-15(8-10)13(16)11(5-2)6-3/h10-12H,4-9,14H2,1-3H3. The van der Waals surface area contributed by atoms with Gasteiger partial charge in [0.2, 0.25) is 5.91 Å². The van der Waals surface area contributed by atoms with Crippen LogP contribution in [0.25, 0.3) is 0 Å². The Morgan fingerprint density at radius 2 is 1.94 bits per heavy atom. The van der Waals surface area contributed by atoms with Gasteiger partial charge in [0.15, 0.2) is 0 Å². The Morgan fingerprint density at radius 1 is 1.31 bits per heavy atom. The van der Waals surface area contributed by atoms with Crippen molar-refractivity contribution < 1.29 is 4.79 Å². The molecule has 0 saturated carbocycles. The van der Waals surface area contributed by atoms with E-state index in [9.17, 15) is 4.79 Å². The summed E-state index contributed by atoms with van der Waals surface area (Å²) in [6, 6.07) is 0.178. The first-order chi connectivity index (χ1) is 7.62. The van der Waals surface area contributed by atoms with E-state index in [2.05, 4.69) is 20.8 Å². The van der Waals surface area contributed by atoms with Gasteiger partial charge in [-0.05, 0) is 25.2 Å². The summed E-state index contributed by atoms with van der Waals surface area (Å²) in [5.74, 6) is 1.11. The maximum absolute atomic E-state index is 12.2. The van der Waals surface area contributed by atoms with Crippen LogP contribution in [0.3, 0.4) is 0 Å². The fourth-order valence-electron chi connectivity index (χ4n) is 2.62. The molecule has 0 aromatic carbocycles. The summed E-state index contributed by atoms with van der Waals surface area (Å²) < 4.78 is 0. The molecule has 1 heterocycles. The summed E-state index contributed by atoms with van der Waals surface area (Å²) in [6.45, 7) is 8.04. The average molecular weight is 226 g/mol. The molecule has 2 unspecified atom stereocenters. The summed E-state index contributed by atoms with van der Waals surface area (Å²) >= 11 is 0. The van der Waals surface area contributed by atoms with Gasteiger partial charge in [0.05, 0.1) is 0 Å². The van der Waals surface area contributed by atoms with Crippen LogP contribution in [-0.2, 0) is 4.79 Å². The molecule has 2 N–H and O–H groups in total. The van der Waals surface area contributed by atoms with Gasteiger partial charge in [0.1, 0.15) is 0 Å². The van der Waals surface area contributed by atoms with Crippen molar-refractivity contribution in [1.82, 2.24) is 4.90 Å². The van der Waals surface area contributed by atoms with Gasteiger partial charge in [-0.25, -0.2) is 0 Å². The second-order valence-electron chi connectivity index (χ2n) is 5.03. The van der Waals surface area contributed by atoms with Crippen molar-refractivity contribution in [3.63, 3.8) is 0 Å². The van der Waals surface area contributed by atoms with E-state index in [-0.39, 0.29) is 12.0 Å². The average Bonchev–Trinajstić information content (AvgIpc) is 2.29. The van der Waals surface area contributed by atoms with E-state index in [1.54, 1.807) is 0 Å². The quantitative estimate of drug-likeness (QED) is 0.797. The fraction of sp³-hybridized carbons (Fsp3) is 0.923. The smallest absolute Gasteiger partial charge is 0.225 e. The molecule has 3 nitrogen and oxygen atoms in total. The van der Waals surface area contributed by atoms with Gasteiger partial charge in [-0.15, -0.1) is 0 Å². The van der Waals surface area contributed by atoms with E-state index >= 15 is 0 Å². The third-order valence-corrected chi connectivity index (χ3v) is 3.79. The van der Waals surface area contributed by atoms with Crippen LogP contribution in [0.1, 0.15) is 46.5 Å². The zero-order valence-electron chi connectivity index (χ0n) is 10.9. The first-order valence-electron chi connectivity index (χ1n) is 6.66. The molecule has 0 aromatic rings. The number of nitrogens with zero attached hydrogens (tertiary/aromatic N) is 1. The van der Waals surface area contributed by atoms with Crippen LogP contribution < -0.4 is 5.73 Å². The van der Waals surface area contributed by atoms with Gasteiger partial charge < -0.3 is 10.6 Å². The molecule has 1 aliphatic rings. The molecule has 16 heavy (non-hydrogen) atoms. The molecule has 0 aliphatic carbocycles. The van der Waals surface area contributed by atoms with Crippen molar-refractivity contribution in [3.05, 3.63) is 0 Å². The van der Waals surface area contributed by atoms with Crippen LogP contribution in [0.4, 0.5) is 0 Å². The Labute approximate surface area is 99.4 Å². The highest BCUT2D eigenvalue weighted by Crippen LogP contribution is 2.22. The van der Waals surface area contributed by atoms with E-state index in [0.717, 1.165) is 38.8 Å². The number of amides is 1. The van der Waals surface area contributed by atoms with E-state index < -0.39 is 0 Å². The number of carbonyl (C=O) groups excluding carboxylic acids is 1. The van der Waals surface area contributed by atoms with E-state index in [4.69, 9.17) is 5.73 Å². The van der Waals surface area contributed by atoms with Crippen molar-refractivity contribution in [2.45, 2.75) is 52.5 Å². The number of rotatable bonds is 4. The lowest BCUT2D eigenvalue weighted by Crippen LogP contribution is -2.50. The van der Waals surface area contributed by atoms with Gasteiger partial charge in [-0.3, -0.25) is 4.79 Å². The Balaban J connectivity index is 2.60. The lowest BCUT2D eigenvalue weighted by molar-refractivity contribution is -0.138. The van der Waals surface area contributed by atoms with Crippen molar-refractivity contribution >= 4 is 5.91 Å². The summed E-state index contributed by atoms with van der Waals surface area (Å²) in [6.07, 6.45) is 4.08. The van der Waals surface area contributed by atoms with Gasteiger partial charge >= 0.3 is 0 Å². The number of piperidine rings is 1. The number of hydrogen-bond acceptors (Lipinski definition) is 2. The van der Waals surface area contributed by atoms with E-state index in [0.29, 0.717) is 11.8 Å². The molecule has 1 fully saturated rings. The Bertz CT molecular complexity index is 226. The minimum atomic E-state index is 0.178. The van der Waals surface area contributed by atoms with Gasteiger partial charge in [0, 0.05) is 25.0 Å². The van der Waals surface area contributed by atoms with Crippen LogP contribution in [-0.4, -0.2) is 29.9 Å². The number of carbonyl (C=O) groups is 1. The monoisotopic (exact) mass is 226 g/mol. The molecule has 1 amide bonds. The molecule has 1 rings (SSSR count). The van der Waals surface area contributed by atoms with E-state index in [1.807, 2.05) is 4.90 Å². The molecule has 0 radical (unpaired) electrons. The minimum Gasteiger partial charge on any atom is -0.341 e. The van der Waals surface area contributed by atoms with Crippen molar-refractivity contribution in [3.8, 4) is 0 Å². The van der Waals surface area contributed by atoms with Crippen molar-refractivity contribution in [1.29, 1.82) is 0 Å². The van der Waals surface area contributed by atoms with Crippen LogP contribution in [0.5, 0.6) is 0 Å². The largest absolute Gasteiger partial charge is 0.341 e. The predicted octanol–water partition coefficient (Wildman–Crippen LogP) is 2.01.